The lowest BCUT2D eigenvalue weighted by Crippen LogP contribution is -2.33. The second kappa shape index (κ2) is 10.3. The van der Waals surface area contributed by atoms with Gasteiger partial charge < -0.3 is 16.4 Å². The SMILES string of the molecule is CC1=CC(C2C(C(=O)Nc3ccc(Cl)c(C(=O)Nc4ccc(F)c(N)c4F)c3)C2(Cl)Cl)=CC(C(F)(F)F)C1F. The fraction of sp³-hybridized carbons (Fsp3) is 0.280. The topological polar surface area (TPSA) is 84.2 Å². The zero-order valence-electron chi connectivity index (χ0n) is 19.6. The molecule has 2 amide bonds. The number of amides is 2. The number of rotatable bonds is 5. The van der Waals surface area contributed by atoms with E-state index < -0.39 is 69.3 Å². The van der Waals surface area contributed by atoms with E-state index in [1.54, 1.807) is 0 Å². The number of nitrogens with one attached hydrogen (secondary N) is 2. The van der Waals surface area contributed by atoms with Crippen LogP contribution in [-0.2, 0) is 4.79 Å². The molecule has 1 fully saturated rings. The van der Waals surface area contributed by atoms with E-state index in [0.29, 0.717) is 6.08 Å². The number of hydrogen-bond acceptors (Lipinski definition) is 3. The Morgan fingerprint density at radius 2 is 1.74 bits per heavy atom. The first-order chi connectivity index (χ1) is 18.0. The van der Waals surface area contributed by atoms with Gasteiger partial charge in [0.15, 0.2) is 5.82 Å². The number of halogens is 9. The van der Waals surface area contributed by atoms with Crippen molar-refractivity contribution >= 4 is 63.7 Å². The van der Waals surface area contributed by atoms with E-state index >= 15 is 0 Å². The average Bonchev–Trinajstić information content (AvgIpc) is 3.43. The summed E-state index contributed by atoms with van der Waals surface area (Å²) in [5.41, 5.74) is 3.69. The van der Waals surface area contributed by atoms with Crippen LogP contribution in [0.15, 0.2) is 53.6 Å². The molecule has 2 aromatic carbocycles. The van der Waals surface area contributed by atoms with E-state index in [1.165, 1.54) is 25.1 Å². The Morgan fingerprint density at radius 3 is 2.38 bits per heavy atom. The molecule has 1 saturated carbocycles. The number of carbonyl (C=O) groups is 2. The van der Waals surface area contributed by atoms with Gasteiger partial charge in [-0.3, -0.25) is 9.59 Å². The number of nitrogens with two attached hydrogens (primary N) is 1. The molecule has 0 bridgehead atoms. The summed E-state index contributed by atoms with van der Waals surface area (Å²) in [5.74, 6) is -8.59. The van der Waals surface area contributed by atoms with Gasteiger partial charge in [0.25, 0.3) is 5.91 Å². The van der Waals surface area contributed by atoms with Crippen molar-refractivity contribution in [2.75, 3.05) is 16.4 Å². The largest absolute Gasteiger partial charge is 0.398 e. The Kier molecular flexibility index (Phi) is 7.65. The van der Waals surface area contributed by atoms with E-state index in [9.17, 15) is 35.9 Å². The van der Waals surface area contributed by atoms with Crippen LogP contribution in [0.3, 0.4) is 0 Å². The van der Waals surface area contributed by atoms with Gasteiger partial charge in [0.05, 0.1) is 22.2 Å². The Labute approximate surface area is 233 Å². The van der Waals surface area contributed by atoms with Crippen molar-refractivity contribution in [2.45, 2.75) is 23.6 Å². The van der Waals surface area contributed by atoms with Crippen molar-refractivity contribution in [3.8, 4) is 0 Å². The van der Waals surface area contributed by atoms with Gasteiger partial charge in [0.1, 0.15) is 27.9 Å². The van der Waals surface area contributed by atoms with Crippen LogP contribution < -0.4 is 16.4 Å². The minimum absolute atomic E-state index is 0.0226. The molecule has 208 valence electrons. The summed E-state index contributed by atoms with van der Waals surface area (Å²) < 4.78 is 80.1. The third-order valence-corrected chi connectivity index (χ3v) is 7.71. The molecule has 2 aliphatic rings. The Hall–Kier alpha value is -2.89. The average molecular weight is 613 g/mol. The van der Waals surface area contributed by atoms with Crippen molar-refractivity contribution in [3.63, 3.8) is 0 Å². The lowest BCUT2D eigenvalue weighted by molar-refractivity contribution is -0.173. The second-order valence-electron chi connectivity index (χ2n) is 9.11. The minimum Gasteiger partial charge on any atom is -0.394 e. The van der Waals surface area contributed by atoms with Crippen LogP contribution in [0.1, 0.15) is 17.3 Å². The number of hydrogen-bond donors (Lipinski definition) is 3. The Balaban J connectivity index is 1.53. The minimum atomic E-state index is -4.86. The predicted octanol–water partition coefficient (Wildman–Crippen LogP) is 7.21. The number of alkyl halides is 6. The standard InChI is InChI=1S/C25H18Cl3F6N3O2/c1-9-6-10(7-13(19(9)30)25(32,33)34)17-18(24(17,27)28)23(39)36-11-2-3-14(26)12(8-11)22(38)37-16-5-4-15(29)21(35)20(16)31/h2-8,13,17-19H,35H2,1H3,(H,36,39)(H,37,38). The van der Waals surface area contributed by atoms with E-state index in [2.05, 4.69) is 10.6 Å². The molecule has 4 N–H and O–H groups in total. The molecule has 4 atom stereocenters. The molecule has 0 aromatic heterocycles. The smallest absolute Gasteiger partial charge is 0.394 e. The molecule has 0 spiro atoms. The third kappa shape index (κ3) is 5.57. The summed E-state index contributed by atoms with van der Waals surface area (Å²) in [4.78, 5) is 25.7. The maximum absolute atomic E-state index is 14.2. The van der Waals surface area contributed by atoms with Gasteiger partial charge in [0.2, 0.25) is 5.91 Å². The first-order valence-corrected chi connectivity index (χ1v) is 12.3. The molecule has 5 nitrogen and oxygen atoms in total. The van der Waals surface area contributed by atoms with Crippen molar-refractivity contribution < 1.29 is 35.9 Å². The van der Waals surface area contributed by atoms with Crippen LogP contribution in [0.2, 0.25) is 5.02 Å². The van der Waals surface area contributed by atoms with E-state index in [4.69, 9.17) is 40.5 Å². The number of benzene rings is 2. The van der Waals surface area contributed by atoms with Crippen LogP contribution in [0.25, 0.3) is 0 Å². The quantitative estimate of drug-likeness (QED) is 0.190. The Bertz CT molecular complexity index is 1430. The zero-order chi connectivity index (χ0) is 29.0. The molecule has 0 saturated heterocycles. The highest BCUT2D eigenvalue weighted by molar-refractivity contribution is 6.53. The van der Waals surface area contributed by atoms with Gasteiger partial charge in [-0.05, 0) is 48.4 Å². The maximum Gasteiger partial charge on any atom is 0.398 e. The Morgan fingerprint density at radius 1 is 1.08 bits per heavy atom. The second-order valence-corrected chi connectivity index (χ2v) is 11.0. The maximum atomic E-state index is 14.2. The van der Waals surface area contributed by atoms with Gasteiger partial charge in [-0.15, -0.1) is 23.2 Å². The summed E-state index contributed by atoms with van der Waals surface area (Å²) in [6.07, 6.45) is -5.27. The molecule has 39 heavy (non-hydrogen) atoms. The van der Waals surface area contributed by atoms with E-state index in [0.717, 1.165) is 18.2 Å². The third-order valence-electron chi connectivity index (χ3n) is 6.44. The highest BCUT2D eigenvalue weighted by Crippen LogP contribution is 2.64. The molecule has 2 aromatic rings. The lowest BCUT2D eigenvalue weighted by atomic mass is 9.86. The van der Waals surface area contributed by atoms with E-state index in [-0.39, 0.29) is 27.4 Å². The first kappa shape index (κ1) is 29.1. The van der Waals surface area contributed by atoms with Crippen LogP contribution >= 0.6 is 34.8 Å². The molecule has 14 heteroatoms. The molecule has 0 radical (unpaired) electrons. The highest BCUT2D eigenvalue weighted by atomic mass is 35.5. The first-order valence-electron chi connectivity index (χ1n) is 11.2. The van der Waals surface area contributed by atoms with Crippen LogP contribution in [-0.4, -0.2) is 28.5 Å². The normalized spacial score (nSPS) is 23.9. The summed E-state index contributed by atoms with van der Waals surface area (Å²) in [6.45, 7) is 1.20. The summed E-state index contributed by atoms with van der Waals surface area (Å²) in [6, 6.07) is 5.54. The van der Waals surface area contributed by atoms with Gasteiger partial charge in [-0.2, -0.15) is 13.2 Å². The number of anilines is 3. The van der Waals surface area contributed by atoms with Crippen molar-refractivity contribution in [1.29, 1.82) is 0 Å². The summed E-state index contributed by atoms with van der Waals surface area (Å²) in [7, 11) is 0. The fourth-order valence-corrected chi connectivity index (χ4v) is 5.37. The van der Waals surface area contributed by atoms with Crippen molar-refractivity contribution in [2.24, 2.45) is 17.8 Å². The zero-order valence-corrected chi connectivity index (χ0v) is 21.9. The van der Waals surface area contributed by atoms with Crippen LogP contribution in [0.4, 0.5) is 43.4 Å². The molecule has 2 aliphatic carbocycles. The van der Waals surface area contributed by atoms with Gasteiger partial charge >= 0.3 is 6.18 Å². The van der Waals surface area contributed by atoms with Crippen LogP contribution in [0.5, 0.6) is 0 Å². The van der Waals surface area contributed by atoms with Crippen molar-refractivity contribution in [3.05, 3.63) is 75.9 Å². The van der Waals surface area contributed by atoms with Gasteiger partial charge in [-0.25, -0.2) is 13.2 Å². The number of nitrogen functional groups attached to an aromatic ring is 1. The molecule has 4 rings (SSSR count). The highest BCUT2D eigenvalue weighted by Gasteiger charge is 2.68. The summed E-state index contributed by atoms with van der Waals surface area (Å²) >= 11 is 18.6. The van der Waals surface area contributed by atoms with E-state index in [1.807, 2.05) is 0 Å². The van der Waals surface area contributed by atoms with Gasteiger partial charge in [0, 0.05) is 11.6 Å². The lowest BCUT2D eigenvalue weighted by Gasteiger charge is -2.26. The molecular formula is C25H18Cl3F6N3O2. The molecular weight excluding hydrogens is 595 g/mol. The molecule has 0 aliphatic heterocycles. The monoisotopic (exact) mass is 611 g/mol. The molecule has 4 unspecified atom stereocenters. The fourth-order valence-electron chi connectivity index (χ4n) is 4.34. The summed E-state index contributed by atoms with van der Waals surface area (Å²) in [5, 5.41) is 4.59. The number of allylic oxidation sites excluding steroid dienone is 4. The van der Waals surface area contributed by atoms with Gasteiger partial charge in [-0.1, -0.05) is 23.8 Å². The molecule has 0 heterocycles. The van der Waals surface area contributed by atoms with Crippen molar-refractivity contribution in [1.82, 2.24) is 0 Å². The number of carbonyl (C=O) groups excluding carboxylic acids is 2. The predicted molar refractivity (Wildman–Crippen MR) is 137 cm³/mol. The van der Waals surface area contributed by atoms with Crippen LogP contribution in [0, 0.1) is 29.4 Å².